The Morgan fingerprint density at radius 3 is 1.80 bits per heavy atom. The first-order chi connectivity index (χ1) is 11.4. The van der Waals surface area contributed by atoms with Crippen LogP contribution in [0.2, 0.25) is 0 Å². The first-order valence-electron chi connectivity index (χ1n) is 10.3. The molecule has 0 aliphatic heterocycles. The maximum Gasteiger partial charge on any atom is 0.104 e. The summed E-state index contributed by atoms with van der Waals surface area (Å²) in [7, 11) is 4.76. The zero-order valence-electron chi connectivity index (χ0n) is 17.5. The van der Waals surface area contributed by atoms with Gasteiger partial charge in [0, 0.05) is 5.56 Å². The van der Waals surface area contributed by atoms with Crippen molar-refractivity contribution in [3.63, 3.8) is 0 Å². The van der Waals surface area contributed by atoms with E-state index in [2.05, 4.69) is 53.1 Å². The molecule has 0 saturated carbocycles. The number of hydrogen-bond donors (Lipinski definition) is 0. The lowest BCUT2D eigenvalue weighted by molar-refractivity contribution is -0.903. The highest BCUT2D eigenvalue weighted by atomic mass is 35.5. The van der Waals surface area contributed by atoms with Gasteiger partial charge in [-0.3, -0.25) is 0 Å². The van der Waals surface area contributed by atoms with Crippen LogP contribution in [-0.2, 0) is 6.54 Å². The van der Waals surface area contributed by atoms with E-state index in [-0.39, 0.29) is 12.4 Å². The van der Waals surface area contributed by atoms with Gasteiger partial charge < -0.3 is 16.9 Å². The first-order valence-corrected chi connectivity index (χ1v) is 10.3. The summed E-state index contributed by atoms with van der Waals surface area (Å²) in [4.78, 5) is 0. The topological polar surface area (TPSA) is 0 Å². The van der Waals surface area contributed by atoms with E-state index in [0.29, 0.717) is 0 Å². The predicted molar refractivity (Wildman–Crippen MR) is 108 cm³/mol. The minimum atomic E-state index is 0. The summed E-state index contributed by atoms with van der Waals surface area (Å²) in [5.41, 5.74) is 4.33. The lowest BCUT2D eigenvalue weighted by atomic mass is 10.0. The number of halogens is 1. The lowest BCUT2D eigenvalue weighted by Gasteiger charge is -2.30. The minimum Gasteiger partial charge on any atom is -1.00 e. The zero-order chi connectivity index (χ0) is 17.8. The van der Waals surface area contributed by atoms with Gasteiger partial charge in [0.25, 0.3) is 0 Å². The van der Waals surface area contributed by atoms with Gasteiger partial charge in [-0.15, -0.1) is 0 Å². The van der Waals surface area contributed by atoms with Crippen LogP contribution in [0.4, 0.5) is 0 Å². The Bertz CT molecular complexity index is 453. The fourth-order valence-corrected chi connectivity index (χ4v) is 3.59. The molecule has 1 nitrogen and oxygen atoms in total. The fraction of sp³-hybridized carbons (Fsp3) is 0.739. The molecule has 0 bridgehead atoms. The molecule has 1 aromatic rings. The van der Waals surface area contributed by atoms with Crippen molar-refractivity contribution in [2.45, 2.75) is 91.5 Å². The van der Waals surface area contributed by atoms with E-state index in [1.807, 2.05) is 0 Å². The van der Waals surface area contributed by atoms with Crippen molar-refractivity contribution in [2.24, 2.45) is 0 Å². The Labute approximate surface area is 164 Å². The minimum absolute atomic E-state index is 0. The van der Waals surface area contributed by atoms with Gasteiger partial charge in [-0.25, -0.2) is 0 Å². The first kappa shape index (κ1) is 24.5. The second-order valence-corrected chi connectivity index (χ2v) is 8.43. The van der Waals surface area contributed by atoms with E-state index in [9.17, 15) is 0 Å². The Kier molecular flexibility index (Phi) is 13.4. The second-order valence-electron chi connectivity index (χ2n) is 8.43. The van der Waals surface area contributed by atoms with Crippen molar-refractivity contribution in [3.05, 3.63) is 34.9 Å². The number of benzene rings is 1. The van der Waals surface area contributed by atoms with Crippen molar-refractivity contribution >= 4 is 0 Å². The average Bonchev–Trinajstić information content (AvgIpc) is 2.52. The fourth-order valence-electron chi connectivity index (χ4n) is 3.59. The van der Waals surface area contributed by atoms with Crippen molar-refractivity contribution in [1.29, 1.82) is 0 Å². The molecule has 0 unspecified atom stereocenters. The van der Waals surface area contributed by atoms with Crippen LogP contribution < -0.4 is 12.4 Å². The van der Waals surface area contributed by atoms with Crippen molar-refractivity contribution in [3.8, 4) is 0 Å². The highest BCUT2D eigenvalue weighted by Gasteiger charge is 2.16. The van der Waals surface area contributed by atoms with Crippen molar-refractivity contribution in [1.82, 2.24) is 0 Å². The summed E-state index contributed by atoms with van der Waals surface area (Å²) in [6, 6.07) is 6.89. The lowest BCUT2D eigenvalue weighted by Crippen LogP contribution is -3.00. The molecule has 1 aromatic carbocycles. The quantitative estimate of drug-likeness (QED) is 0.367. The average molecular weight is 368 g/mol. The maximum absolute atomic E-state index is 2.38. The SMILES string of the molecule is CCCCCCCCCCCC[N+](C)(C)Cc1ccc(C)cc1C.[Cl-]. The van der Waals surface area contributed by atoms with E-state index in [1.165, 1.54) is 87.4 Å². The van der Waals surface area contributed by atoms with Crippen LogP contribution in [0.1, 0.15) is 87.8 Å². The van der Waals surface area contributed by atoms with Crippen LogP contribution >= 0.6 is 0 Å². The Hall–Kier alpha value is -0.530. The number of nitrogens with zero attached hydrogens (tertiary/aromatic N) is 1. The number of rotatable bonds is 13. The summed E-state index contributed by atoms with van der Waals surface area (Å²) >= 11 is 0. The maximum atomic E-state index is 2.38. The van der Waals surface area contributed by atoms with Gasteiger partial charge in [-0.1, -0.05) is 82.1 Å². The summed E-state index contributed by atoms with van der Waals surface area (Å²) in [5, 5.41) is 0. The molecule has 0 N–H and O–H groups in total. The molecule has 0 fully saturated rings. The van der Waals surface area contributed by atoms with Crippen molar-refractivity contribution < 1.29 is 16.9 Å². The Balaban J connectivity index is 0.00000576. The Morgan fingerprint density at radius 1 is 0.760 bits per heavy atom. The van der Waals surface area contributed by atoms with E-state index >= 15 is 0 Å². The molecule has 0 aliphatic carbocycles. The standard InChI is InChI=1S/C23H42N.ClH/c1-6-7-8-9-10-11-12-13-14-15-18-24(4,5)20-23-17-16-21(2)19-22(23)3;/h16-17,19H,6-15,18,20H2,1-5H3;1H/q+1;/p-1. The zero-order valence-corrected chi connectivity index (χ0v) is 18.3. The Morgan fingerprint density at radius 2 is 1.28 bits per heavy atom. The summed E-state index contributed by atoms with van der Waals surface area (Å²) in [6.45, 7) is 9.18. The molecule has 0 amide bonds. The van der Waals surface area contributed by atoms with Gasteiger partial charge >= 0.3 is 0 Å². The normalized spacial score (nSPS) is 11.4. The molecule has 0 saturated heterocycles. The van der Waals surface area contributed by atoms with Gasteiger partial charge in [-0.05, 0) is 32.3 Å². The summed E-state index contributed by atoms with van der Waals surface area (Å²) < 4.78 is 1.11. The van der Waals surface area contributed by atoms with Crippen LogP contribution in [0, 0.1) is 13.8 Å². The molecule has 0 atom stereocenters. The molecule has 0 radical (unpaired) electrons. The summed E-state index contributed by atoms with van der Waals surface area (Å²) in [5.74, 6) is 0. The number of aryl methyl sites for hydroxylation is 2. The predicted octanol–water partition coefficient (Wildman–Crippen LogP) is 3.80. The molecule has 0 spiro atoms. The van der Waals surface area contributed by atoms with E-state index in [1.54, 1.807) is 0 Å². The van der Waals surface area contributed by atoms with Gasteiger partial charge in [0.2, 0.25) is 0 Å². The second kappa shape index (κ2) is 13.6. The van der Waals surface area contributed by atoms with Crippen LogP contribution in [0.25, 0.3) is 0 Å². The summed E-state index contributed by atoms with van der Waals surface area (Å²) in [6.07, 6.45) is 14.2. The smallest absolute Gasteiger partial charge is 0.104 e. The van der Waals surface area contributed by atoms with Crippen molar-refractivity contribution in [2.75, 3.05) is 20.6 Å². The molecule has 25 heavy (non-hydrogen) atoms. The van der Waals surface area contributed by atoms with E-state index < -0.39 is 0 Å². The third-order valence-electron chi connectivity index (χ3n) is 5.21. The third kappa shape index (κ3) is 11.7. The molecule has 2 heteroatoms. The molecular formula is C23H42ClN. The third-order valence-corrected chi connectivity index (χ3v) is 5.21. The number of quaternary nitrogens is 1. The molecule has 1 rings (SSSR count). The highest BCUT2D eigenvalue weighted by Crippen LogP contribution is 2.17. The van der Waals surface area contributed by atoms with Gasteiger partial charge in [0.15, 0.2) is 0 Å². The molecule has 146 valence electrons. The van der Waals surface area contributed by atoms with Gasteiger partial charge in [0.1, 0.15) is 6.54 Å². The van der Waals surface area contributed by atoms with Crippen LogP contribution in [-0.4, -0.2) is 25.1 Å². The van der Waals surface area contributed by atoms with Gasteiger partial charge in [-0.2, -0.15) is 0 Å². The molecular weight excluding hydrogens is 326 g/mol. The monoisotopic (exact) mass is 367 g/mol. The number of unbranched alkanes of at least 4 members (excludes halogenated alkanes) is 9. The molecule has 0 heterocycles. The van der Waals surface area contributed by atoms with E-state index in [0.717, 1.165) is 11.0 Å². The van der Waals surface area contributed by atoms with Crippen LogP contribution in [0.3, 0.4) is 0 Å². The van der Waals surface area contributed by atoms with E-state index in [4.69, 9.17) is 0 Å². The largest absolute Gasteiger partial charge is 1.00 e. The number of hydrogen-bond acceptors (Lipinski definition) is 0. The highest BCUT2D eigenvalue weighted by molar-refractivity contribution is 5.29. The van der Waals surface area contributed by atoms with Crippen LogP contribution in [0.15, 0.2) is 18.2 Å². The van der Waals surface area contributed by atoms with Crippen LogP contribution in [0.5, 0.6) is 0 Å². The molecule has 0 aliphatic rings. The van der Waals surface area contributed by atoms with Gasteiger partial charge in [0.05, 0.1) is 20.6 Å². The molecule has 0 aromatic heterocycles.